The molecule has 0 atom stereocenters. The highest BCUT2D eigenvalue weighted by atomic mass is 31.1. The summed E-state index contributed by atoms with van der Waals surface area (Å²) in [5.74, 6) is 0. The van der Waals surface area contributed by atoms with Crippen LogP contribution in [0.5, 0.6) is 0 Å². The van der Waals surface area contributed by atoms with Crippen molar-refractivity contribution in [2.75, 3.05) is 13.3 Å². The molecule has 3 rings (SSSR count). The first-order valence-corrected chi connectivity index (χ1v) is 6.58. The van der Waals surface area contributed by atoms with Crippen LogP contribution in [0.25, 0.3) is 0 Å². The average Bonchev–Trinajstić information content (AvgIpc) is 2.35. The second-order valence-corrected chi connectivity index (χ2v) is 5.87. The van der Waals surface area contributed by atoms with Gasteiger partial charge in [0.2, 0.25) is 0 Å². The molecule has 1 heteroatoms. The van der Waals surface area contributed by atoms with Crippen molar-refractivity contribution in [2.24, 2.45) is 0 Å². The van der Waals surface area contributed by atoms with Crippen LogP contribution in [0.15, 0.2) is 22.0 Å². The molecule has 0 nitrogen and oxygen atoms in total. The monoisotopic (exact) mass is 166 g/mol. The second-order valence-electron chi connectivity index (χ2n) is 3.64. The molecule has 1 fully saturated rings. The molecule has 2 bridgehead atoms. The Morgan fingerprint density at radius 2 is 1.82 bits per heavy atom. The molecule has 0 aromatic carbocycles. The standard InChI is InChI=1S/C10H15P/c1-4-9-7-5-8(6-7)10(9)11(2)3/h4-6H2,1-3H3. The molecule has 11 heavy (non-hydrogen) atoms. The summed E-state index contributed by atoms with van der Waals surface area (Å²) >= 11 is 0. The zero-order valence-electron chi connectivity index (χ0n) is 7.57. The van der Waals surface area contributed by atoms with Crippen molar-refractivity contribution in [3.8, 4) is 0 Å². The van der Waals surface area contributed by atoms with Gasteiger partial charge >= 0.3 is 0 Å². The zero-order valence-corrected chi connectivity index (χ0v) is 8.46. The Bertz CT molecular complexity index is 246. The van der Waals surface area contributed by atoms with Gasteiger partial charge in [-0.2, -0.15) is 0 Å². The fraction of sp³-hybridized carbons (Fsp3) is 0.600. The highest BCUT2D eigenvalue weighted by molar-refractivity contribution is 7.60. The van der Waals surface area contributed by atoms with Crippen LogP contribution < -0.4 is 0 Å². The number of hydrogen-bond acceptors (Lipinski definition) is 0. The van der Waals surface area contributed by atoms with E-state index in [-0.39, 0.29) is 7.92 Å². The van der Waals surface area contributed by atoms with Crippen LogP contribution in [0.3, 0.4) is 0 Å². The maximum Gasteiger partial charge on any atom is -0.00864 e. The van der Waals surface area contributed by atoms with E-state index >= 15 is 0 Å². The molecular formula is C10H15P. The molecule has 0 N–H and O–H groups in total. The van der Waals surface area contributed by atoms with Gasteiger partial charge in [0.25, 0.3) is 0 Å². The van der Waals surface area contributed by atoms with E-state index in [9.17, 15) is 0 Å². The van der Waals surface area contributed by atoms with Gasteiger partial charge in [-0.05, 0) is 43.5 Å². The van der Waals surface area contributed by atoms with Crippen LogP contribution in [0, 0.1) is 0 Å². The van der Waals surface area contributed by atoms with Crippen molar-refractivity contribution >= 4 is 7.92 Å². The van der Waals surface area contributed by atoms with E-state index < -0.39 is 0 Å². The van der Waals surface area contributed by atoms with Crippen LogP contribution in [0.1, 0.15) is 26.2 Å². The first-order chi connectivity index (χ1) is 5.24. The predicted molar refractivity (Wildman–Crippen MR) is 52.3 cm³/mol. The molecule has 0 spiro atoms. The lowest BCUT2D eigenvalue weighted by atomic mass is 9.91. The van der Waals surface area contributed by atoms with Gasteiger partial charge < -0.3 is 0 Å². The minimum Gasteiger partial charge on any atom is -0.0814 e. The SMILES string of the molecule is CCC1=C2CC(=C1P(C)C)C2. The van der Waals surface area contributed by atoms with Crippen LogP contribution in [0.2, 0.25) is 0 Å². The van der Waals surface area contributed by atoms with Crippen LogP contribution >= 0.6 is 7.92 Å². The van der Waals surface area contributed by atoms with E-state index in [4.69, 9.17) is 0 Å². The first kappa shape index (κ1) is 7.55. The summed E-state index contributed by atoms with van der Waals surface area (Å²) in [6, 6.07) is 0. The van der Waals surface area contributed by atoms with E-state index in [0.29, 0.717) is 0 Å². The minimum atomic E-state index is 0.177. The normalized spacial score (nSPS) is 21.8. The topological polar surface area (TPSA) is 0 Å². The quantitative estimate of drug-likeness (QED) is 0.551. The molecule has 0 aliphatic heterocycles. The maximum atomic E-state index is 2.38. The predicted octanol–water partition coefficient (Wildman–Crippen LogP) is 3.50. The number of hydrogen-bond donors (Lipinski definition) is 0. The summed E-state index contributed by atoms with van der Waals surface area (Å²) in [5, 5.41) is 1.78. The highest BCUT2D eigenvalue weighted by Crippen LogP contribution is 2.58. The van der Waals surface area contributed by atoms with Crippen molar-refractivity contribution in [2.45, 2.75) is 26.2 Å². The van der Waals surface area contributed by atoms with Crippen LogP contribution in [-0.4, -0.2) is 13.3 Å². The van der Waals surface area contributed by atoms with E-state index in [1.54, 1.807) is 22.0 Å². The lowest BCUT2D eigenvalue weighted by Crippen LogP contribution is -1.95. The second kappa shape index (κ2) is 2.45. The third-order valence-electron chi connectivity index (χ3n) is 2.70. The van der Waals surface area contributed by atoms with Gasteiger partial charge in [0.15, 0.2) is 0 Å². The third-order valence-corrected chi connectivity index (χ3v) is 4.18. The Hall–Kier alpha value is -0.0900. The Labute approximate surface area is 70.1 Å². The Morgan fingerprint density at radius 1 is 1.18 bits per heavy atom. The fourth-order valence-electron chi connectivity index (χ4n) is 2.23. The molecule has 3 aliphatic rings. The lowest BCUT2D eigenvalue weighted by Gasteiger charge is -2.15. The summed E-state index contributed by atoms with van der Waals surface area (Å²) in [7, 11) is 0.177. The highest BCUT2D eigenvalue weighted by Gasteiger charge is 2.32. The number of allylic oxidation sites excluding steroid dienone is 4. The molecular weight excluding hydrogens is 151 g/mol. The van der Waals surface area contributed by atoms with Crippen LogP contribution in [-0.2, 0) is 0 Å². The molecule has 1 saturated carbocycles. The molecule has 60 valence electrons. The molecule has 0 unspecified atom stereocenters. The summed E-state index contributed by atoms with van der Waals surface area (Å²) in [5.41, 5.74) is 5.26. The van der Waals surface area contributed by atoms with E-state index in [1.165, 1.54) is 19.3 Å². The van der Waals surface area contributed by atoms with Crippen LogP contribution in [0.4, 0.5) is 0 Å². The van der Waals surface area contributed by atoms with E-state index in [2.05, 4.69) is 20.3 Å². The van der Waals surface area contributed by atoms with E-state index in [1.807, 2.05) is 0 Å². The van der Waals surface area contributed by atoms with Crippen molar-refractivity contribution in [1.82, 2.24) is 0 Å². The average molecular weight is 166 g/mol. The summed E-state index contributed by atoms with van der Waals surface area (Å²) in [6.07, 6.45) is 3.96. The smallest absolute Gasteiger partial charge is 0.00864 e. The zero-order chi connectivity index (χ0) is 8.01. The Morgan fingerprint density at radius 3 is 2.18 bits per heavy atom. The van der Waals surface area contributed by atoms with Gasteiger partial charge in [0.1, 0.15) is 0 Å². The number of fused-ring (bicyclic) bond motifs is 1. The molecule has 3 aliphatic carbocycles. The summed E-state index contributed by atoms with van der Waals surface area (Å²) in [4.78, 5) is 0. The number of rotatable bonds is 2. The summed E-state index contributed by atoms with van der Waals surface area (Å²) in [6.45, 7) is 7.06. The Balaban J connectivity index is 2.35. The molecule has 0 aromatic rings. The van der Waals surface area contributed by atoms with Gasteiger partial charge in [0.05, 0.1) is 0 Å². The largest absolute Gasteiger partial charge is 0.0814 e. The van der Waals surface area contributed by atoms with Crippen molar-refractivity contribution in [1.29, 1.82) is 0 Å². The van der Waals surface area contributed by atoms with Gasteiger partial charge in [0, 0.05) is 0 Å². The maximum absolute atomic E-state index is 2.38. The minimum absolute atomic E-state index is 0.177. The molecule has 0 aromatic heterocycles. The van der Waals surface area contributed by atoms with E-state index in [0.717, 1.165) is 0 Å². The van der Waals surface area contributed by atoms with Gasteiger partial charge in [-0.25, -0.2) is 0 Å². The van der Waals surface area contributed by atoms with Crippen molar-refractivity contribution < 1.29 is 0 Å². The van der Waals surface area contributed by atoms with Crippen molar-refractivity contribution in [3.05, 3.63) is 22.0 Å². The first-order valence-electron chi connectivity index (χ1n) is 4.34. The molecule has 0 heterocycles. The van der Waals surface area contributed by atoms with Crippen molar-refractivity contribution in [3.63, 3.8) is 0 Å². The Kier molecular flexibility index (Phi) is 1.68. The third kappa shape index (κ3) is 0.924. The van der Waals surface area contributed by atoms with Gasteiger partial charge in [-0.3, -0.25) is 0 Å². The molecule has 0 amide bonds. The van der Waals surface area contributed by atoms with Gasteiger partial charge in [-0.15, -0.1) is 0 Å². The summed E-state index contributed by atoms with van der Waals surface area (Å²) < 4.78 is 0. The van der Waals surface area contributed by atoms with Gasteiger partial charge in [-0.1, -0.05) is 26.0 Å². The lowest BCUT2D eigenvalue weighted by molar-refractivity contribution is 0.879. The fourth-order valence-corrected chi connectivity index (χ4v) is 3.88. The molecule has 0 saturated heterocycles. The molecule has 0 radical (unpaired) electrons.